The Hall–Kier alpha value is -2.20. The van der Waals surface area contributed by atoms with Crippen LogP contribution >= 0.6 is 0 Å². The number of carboxylic acids is 1. The summed E-state index contributed by atoms with van der Waals surface area (Å²) < 4.78 is 13.3. The van der Waals surface area contributed by atoms with E-state index in [-0.39, 0.29) is 17.7 Å². The number of aliphatic carboxylic acids is 1. The molecule has 2 unspecified atom stereocenters. The van der Waals surface area contributed by atoms with Gasteiger partial charge in [-0.1, -0.05) is 63.2 Å². The fraction of sp³-hybridized carbons (Fsp3) is 0.381. The van der Waals surface area contributed by atoms with E-state index < -0.39 is 11.5 Å². The van der Waals surface area contributed by atoms with Gasteiger partial charge in [0.1, 0.15) is 11.4 Å². The van der Waals surface area contributed by atoms with Crippen molar-refractivity contribution in [2.45, 2.75) is 45.2 Å². The molecule has 0 bridgehead atoms. The minimum Gasteiger partial charge on any atom is -0.480 e. The molecule has 2 aromatic rings. The zero-order valence-corrected chi connectivity index (χ0v) is 15.0. The van der Waals surface area contributed by atoms with Gasteiger partial charge in [-0.2, -0.15) is 0 Å². The predicted molar refractivity (Wildman–Crippen MR) is 97.9 cm³/mol. The summed E-state index contributed by atoms with van der Waals surface area (Å²) in [5.74, 6) is -1.40. The number of hydrogen-bond donors (Lipinski definition) is 2. The molecule has 2 aromatic carbocycles. The van der Waals surface area contributed by atoms with Crippen molar-refractivity contribution in [2.75, 3.05) is 0 Å². The van der Waals surface area contributed by atoms with Crippen LogP contribution in [-0.4, -0.2) is 16.6 Å². The lowest BCUT2D eigenvalue weighted by atomic mass is 9.71. The predicted octanol–water partition coefficient (Wildman–Crippen LogP) is 4.59. The lowest BCUT2D eigenvalue weighted by molar-refractivity contribution is -0.147. The Balaban J connectivity index is 2.40. The maximum Gasteiger partial charge on any atom is 0.324 e. The standard InChI is InChI=1S/C21H26FNO2/c1-4-21(20(24)25,23-14-16-8-6-5-7-9-16)19(15(2)3)17-10-12-18(22)13-11-17/h5-13,15,19,23H,4,14H2,1-3H3,(H,24,25). The zero-order chi connectivity index (χ0) is 18.4. The number of rotatable bonds is 8. The highest BCUT2D eigenvalue weighted by Gasteiger charge is 2.46. The minimum atomic E-state index is -1.12. The van der Waals surface area contributed by atoms with Gasteiger partial charge in [0.15, 0.2) is 0 Å². The summed E-state index contributed by atoms with van der Waals surface area (Å²) in [5.41, 5.74) is 0.742. The Labute approximate surface area is 148 Å². The van der Waals surface area contributed by atoms with E-state index in [1.807, 2.05) is 51.1 Å². The topological polar surface area (TPSA) is 49.3 Å². The van der Waals surface area contributed by atoms with E-state index in [1.165, 1.54) is 12.1 Å². The van der Waals surface area contributed by atoms with E-state index >= 15 is 0 Å². The molecule has 0 aliphatic carbocycles. The van der Waals surface area contributed by atoms with Crippen LogP contribution in [-0.2, 0) is 11.3 Å². The summed E-state index contributed by atoms with van der Waals surface area (Å²) in [5, 5.41) is 13.4. The molecule has 2 N–H and O–H groups in total. The van der Waals surface area contributed by atoms with Crippen LogP contribution in [0.4, 0.5) is 4.39 Å². The molecule has 25 heavy (non-hydrogen) atoms. The first kappa shape index (κ1) is 19.1. The Bertz CT molecular complexity index is 685. The molecule has 0 aliphatic heterocycles. The molecular formula is C21H26FNO2. The van der Waals surface area contributed by atoms with Crippen LogP contribution in [0.5, 0.6) is 0 Å². The first-order valence-electron chi connectivity index (χ1n) is 8.68. The number of benzene rings is 2. The van der Waals surface area contributed by atoms with Crippen molar-refractivity contribution in [2.24, 2.45) is 5.92 Å². The van der Waals surface area contributed by atoms with Crippen molar-refractivity contribution in [3.63, 3.8) is 0 Å². The average molecular weight is 343 g/mol. The lowest BCUT2D eigenvalue weighted by Crippen LogP contribution is -2.57. The molecule has 0 aliphatic rings. The van der Waals surface area contributed by atoms with Crippen LogP contribution in [0.1, 0.15) is 44.2 Å². The second kappa shape index (κ2) is 8.26. The minimum absolute atomic E-state index is 0.0739. The summed E-state index contributed by atoms with van der Waals surface area (Å²) in [4.78, 5) is 12.3. The van der Waals surface area contributed by atoms with Gasteiger partial charge in [-0.05, 0) is 35.6 Å². The van der Waals surface area contributed by atoms with Gasteiger partial charge in [-0.15, -0.1) is 0 Å². The molecule has 3 nitrogen and oxygen atoms in total. The number of nitrogens with one attached hydrogen (secondary N) is 1. The quantitative estimate of drug-likeness (QED) is 0.737. The second-order valence-electron chi connectivity index (χ2n) is 6.74. The largest absolute Gasteiger partial charge is 0.480 e. The van der Waals surface area contributed by atoms with Gasteiger partial charge in [0, 0.05) is 12.5 Å². The zero-order valence-electron chi connectivity index (χ0n) is 15.0. The summed E-state index contributed by atoms with van der Waals surface area (Å²) >= 11 is 0. The highest BCUT2D eigenvalue weighted by Crippen LogP contribution is 2.38. The van der Waals surface area contributed by atoms with Crippen molar-refractivity contribution in [1.82, 2.24) is 5.32 Å². The third-order valence-electron chi connectivity index (χ3n) is 4.82. The Morgan fingerprint density at radius 1 is 1.12 bits per heavy atom. The van der Waals surface area contributed by atoms with Crippen molar-refractivity contribution in [3.05, 3.63) is 71.5 Å². The molecule has 0 saturated heterocycles. The van der Waals surface area contributed by atoms with Crippen LogP contribution in [0.15, 0.2) is 54.6 Å². The highest BCUT2D eigenvalue weighted by atomic mass is 19.1. The first-order valence-corrected chi connectivity index (χ1v) is 8.68. The molecule has 0 radical (unpaired) electrons. The molecule has 2 atom stereocenters. The second-order valence-corrected chi connectivity index (χ2v) is 6.74. The summed E-state index contributed by atoms with van der Waals surface area (Å²) in [6, 6.07) is 15.9. The van der Waals surface area contributed by atoms with Gasteiger partial charge in [-0.25, -0.2) is 4.39 Å². The van der Waals surface area contributed by atoms with Crippen LogP contribution in [0, 0.1) is 11.7 Å². The maximum absolute atomic E-state index is 13.3. The maximum atomic E-state index is 13.3. The summed E-state index contributed by atoms with van der Waals surface area (Å²) in [6.07, 6.45) is 0.426. The van der Waals surface area contributed by atoms with Gasteiger partial charge in [0.05, 0.1) is 0 Å². The highest BCUT2D eigenvalue weighted by molar-refractivity contribution is 5.80. The molecule has 0 amide bonds. The van der Waals surface area contributed by atoms with Gasteiger partial charge in [0.2, 0.25) is 0 Å². The molecule has 4 heteroatoms. The summed E-state index contributed by atoms with van der Waals surface area (Å²) in [6.45, 7) is 6.35. The number of halogens is 1. The summed E-state index contributed by atoms with van der Waals surface area (Å²) in [7, 11) is 0. The monoisotopic (exact) mass is 343 g/mol. The van der Waals surface area contributed by atoms with Gasteiger partial charge >= 0.3 is 5.97 Å². The van der Waals surface area contributed by atoms with E-state index in [9.17, 15) is 14.3 Å². The fourth-order valence-electron chi connectivity index (χ4n) is 3.58. The SMILES string of the molecule is CCC(NCc1ccccc1)(C(=O)O)C(c1ccc(F)cc1)C(C)C. The third kappa shape index (κ3) is 4.26. The van der Waals surface area contributed by atoms with E-state index in [0.717, 1.165) is 11.1 Å². The average Bonchev–Trinajstić information content (AvgIpc) is 2.60. The van der Waals surface area contributed by atoms with Crippen molar-refractivity contribution < 1.29 is 14.3 Å². The van der Waals surface area contributed by atoms with Crippen LogP contribution in [0.2, 0.25) is 0 Å². The van der Waals surface area contributed by atoms with Gasteiger partial charge < -0.3 is 5.11 Å². The van der Waals surface area contributed by atoms with E-state index in [0.29, 0.717) is 13.0 Å². The van der Waals surface area contributed by atoms with Crippen LogP contribution in [0.3, 0.4) is 0 Å². The fourth-order valence-corrected chi connectivity index (χ4v) is 3.58. The molecule has 0 fully saturated rings. The van der Waals surface area contributed by atoms with Crippen LogP contribution < -0.4 is 5.32 Å². The lowest BCUT2D eigenvalue weighted by Gasteiger charge is -2.40. The van der Waals surface area contributed by atoms with E-state index in [1.54, 1.807) is 12.1 Å². The number of carbonyl (C=O) groups is 1. The molecule has 0 heterocycles. The van der Waals surface area contributed by atoms with Crippen LogP contribution in [0.25, 0.3) is 0 Å². The first-order chi connectivity index (χ1) is 11.9. The van der Waals surface area contributed by atoms with E-state index in [4.69, 9.17) is 0 Å². The Morgan fingerprint density at radius 3 is 2.20 bits per heavy atom. The molecule has 0 aromatic heterocycles. The third-order valence-corrected chi connectivity index (χ3v) is 4.82. The molecule has 2 rings (SSSR count). The van der Waals surface area contributed by atoms with Gasteiger partial charge in [0.25, 0.3) is 0 Å². The Morgan fingerprint density at radius 2 is 1.72 bits per heavy atom. The van der Waals surface area contributed by atoms with Gasteiger partial charge in [-0.3, -0.25) is 10.1 Å². The normalized spacial score (nSPS) is 14.9. The smallest absolute Gasteiger partial charge is 0.324 e. The molecule has 134 valence electrons. The van der Waals surface area contributed by atoms with Crippen molar-refractivity contribution in [1.29, 1.82) is 0 Å². The number of hydrogen-bond acceptors (Lipinski definition) is 2. The molecule has 0 saturated carbocycles. The van der Waals surface area contributed by atoms with Crippen molar-refractivity contribution in [3.8, 4) is 0 Å². The molecular weight excluding hydrogens is 317 g/mol. The van der Waals surface area contributed by atoms with E-state index in [2.05, 4.69) is 5.32 Å². The molecule has 0 spiro atoms. The van der Waals surface area contributed by atoms with Crippen molar-refractivity contribution >= 4 is 5.97 Å². The Kier molecular flexibility index (Phi) is 6.32. The number of carboxylic acid groups (broad SMARTS) is 1.